The molecule has 0 amide bonds. The van der Waals surface area contributed by atoms with Gasteiger partial charge in [-0.25, -0.2) is 13.6 Å². The van der Waals surface area contributed by atoms with Crippen molar-refractivity contribution in [1.82, 2.24) is 4.90 Å². The van der Waals surface area contributed by atoms with Crippen molar-refractivity contribution in [2.24, 2.45) is 5.14 Å². The number of ether oxygens (including phenoxy) is 1. The molecule has 0 atom stereocenters. The monoisotopic (exact) mass is 272 g/mol. The molecule has 0 spiro atoms. The Balaban J connectivity index is 2.95. The van der Waals surface area contributed by atoms with Crippen molar-refractivity contribution in [1.29, 1.82) is 0 Å². The molecule has 0 heterocycles. The van der Waals surface area contributed by atoms with Gasteiger partial charge in [0.2, 0.25) is 10.0 Å². The maximum absolute atomic E-state index is 11.3. The normalized spacial score (nSPS) is 11.9. The number of benzene rings is 1. The maximum atomic E-state index is 11.3. The van der Waals surface area contributed by atoms with Gasteiger partial charge >= 0.3 is 0 Å². The second-order valence-electron chi connectivity index (χ2n) is 4.58. The zero-order chi connectivity index (χ0) is 13.9. The highest BCUT2D eigenvalue weighted by molar-refractivity contribution is 7.89. The summed E-state index contributed by atoms with van der Waals surface area (Å²) >= 11 is 0. The third-order valence-corrected chi connectivity index (χ3v) is 3.44. The topological polar surface area (TPSA) is 72.6 Å². The molecule has 5 nitrogen and oxygen atoms in total. The molecule has 0 saturated carbocycles. The number of hydrogen-bond acceptors (Lipinski definition) is 4. The molecule has 0 aliphatic carbocycles. The largest absolute Gasteiger partial charge is 0.492 e. The Morgan fingerprint density at radius 2 is 1.72 bits per heavy atom. The molecule has 6 heteroatoms. The van der Waals surface area contributed by atoms with Crippen LogP contribution in [0.5, 0.6) is 5.75 Å². The van der Waals surface area contributed by atoms with Gasteiger partial charge in [-0.2, -0.15) is 0 Å². The van der Waals surface area contributed by atoms with Crippen molar-refractivity contribution in [3.63, 3.8) is 0 Å². The fraction of sp³-hybridized carbons (Fsp3) is 0.500. The maximum Gasteiger partial charge on any atom is 0.238 e. The minimum absolute atomic E-state index is 0.123. The van der Waals surface area contributed by atoms with E-state index in [0.29, 0.717) is 6.61 Å². The summed E-state index contributed by atoms with van der Waals surface area (Å²) in [6.45, 7) is 4.98. The van der Waals surface area contributed by atoms with Gasteiger partial charge in [-0.05, 0) is 51.2 Å². The molecule has 0 fully saturated rings. The predicted octanol–water partition coefficient (Wildman–Crippen LogP) is 0.891. The zero-order valence-corrected chi connectivity index (χ0v) is 12.0. The number of likely N-dealkylation sites (N-methyl/N-ethyl adjacent to an activating group) is 1. The fourth-order valence-corrected chi connectivity index (χ4v) is 2.31. The quantitative estimate of drug-likeness (QED) is 0.864. The predicted molar refractivity (Wildman–Crippen MR) is 71.3 cm³/mol. The Kier molecular flexibility index (Phi) is 4.72. The van der Waals surface area contributed by atoms with Crippen LogP contribution in [0.3, 0.4) is 0 Å². The van der Waals surface area contributed by atoms with Crippen LogP contribution >= 0.6 is 0 Å². The first-order valence-electron chi connectivity index (χ1n) is 5.63. The molecule has 0 aliphatic rings. The lowest BCUT2D eigenvalue weighted by molar-refractivity contribution is 0.258. The van der Waals surface area contributed by atoms with Crippen LogP contribution in [0.25, 0.3) is 0 Å². The van der Waals surface area contributed by atoms with Gasteiger partial charge in [0.15, 0.2) is 0 Å². The summed E-state index contributed by atoms with van der Waals surface area (Å²) in [5.41, 5.74) is 1.55. The molecule has 0 aromatic heterocycles. The SMILES string of the molecule is Cc1cc(S(N)(=O)=O)cc(C)c1OCCN(C)C. The van der Waals surface area contributed by atoms with E-state index < -0.39 is 10.0 Å². The van der Waals surface area contributed by atoms with Gasteiger partial charge in [0.1, 0.15) is 12.4 Å². The Hall–Kier alpha value is -1.11. The summed E-state index contributed by atoms with van der Waals surface area (Å²) < 4.78 is 28.2. The van der Waals surface area contributed by atoms with Gasteiger partial charge in [0.05, 0.1) is 4.90 Å². The third-order valence-electron chi connectivity index (χ3n) is 2.55. The van der Waals surface area contributed by atoms with Gasteiger partial charge in [-0.15, -0.1) is 0 Å². The van der Waals surface area contributed by atoms with Gasteiger partial charge in [-0.3, -0.25) is 0 Å². The van der Waals surface area contributed by atoms with Crippen LogP contribution in [0.15, 0.2) is 17.0 Å². The van der Waals surface area contributed by atoms with Crippen LogP contribution in [0, 0.1) is 13.8 Å². The number of rotatable bonds is 5. The van der Waals surface area contributed by atoms with E-state index in [1.807, 2.05) is 32.8 Å². The number of nitrogens with zero attached hydrogens (tertiary/aromatic N) is 1. The highest BCUT2D eigenvalue weighted by Crippen LogP contribution is 2.26. The highest BCUT2D eigenvalue weighted by atomic mass is 32.2. The lowest BCUT2D eigenvalue weighted by atomic mass is 10.1. The van der Waals surface area contributed by atoms with Crippen molar-refractivity contribution in [2.75, 3.05) is 27.2 Å². The molecule has 0 radical (unpaired) electrons. The molecule has 0 aliphatic heterocycles. The van der Waals surface area contributed by atoms with Gasteiger partial charge < -0.3 is 9.64 Å². The number of sulfonamides is 1. The summed E-state index contributed by atoms with van der Waals surface area (Å²) in [5, 5.41) is 5.11. The van der Waals surface area contributed by atoms with E-state index in [0.717, 1.165) is 23.4 Å². The second kappa shape index (κ2) is 5.69. The summed E-state index contributed by atoms with van der Waals surface area (Å²) in [5.74, 6) is 0.726. The van der Waals surface area contributed by atoms with E-state index in [1.165, 1.54) is 12.1 Å². The molecule has 1 aromatic carbocycles. The van der Waals surface area contributed by atoms with Crippen molar-refractivity contribution >= 4 is 10.0 Å². The number of hydrogen-bond donors (Lipinski definition) is 1. The van der Waals surface area contributed by atoms with Gasteiger partial charge in [-0.1, -0.05) is 0 Å². The van der Waals surface area contributed by atoms with Crippen LogP contribution in [-0.2, 0) is 10.0 Å². The Bertz CT molecular complexity index is 501. The van der Waals surface area contributed by atoms with Crippen molar-refractivity contribution in [3.05, 3.63) is 23.3 Å². The average Bonchev–Trinajstić information content (AvgIpc) is 2.20. The van der Waals surface area contributed by atoms with E-state index in [-0.39, 0.29) is 4.90 Å². The number of aryl methyl sites for hydroxylation is 2. The summed E-state index contributed by atoms with van der Waals surface area (Å²) in [4.78, 5) is 2.14. The molecule has 102 valence electrons. The van der Waals surface area contributed by atoms with Crippen molar-refractivity contribution < 1.29 is 13.2 Å². The first kappa shape index (κ1) is 14.9. The summed E-state index contributed by atoms with van der Waals surface area (Å²) in [6.07, 6.45) is 0. The number of nitrogens with two attached hydrogens (primary N) is 1. The molecule has 0 saturated heterocycles. The molecule has 0 bridgehead atoms. The smallest absolute Gasteiger partial charge is 0.238 e. The van der Waals surface area contributed by atoms with Crippen LogP contribution in [0.1, 0.15) is 11.1 Å². The van der Waals surface area contributed by atoms with Crippen molar-refractivity contribution in [2.45, 2.75) is 18.7 Å². The van der Waals surface area contributed by atoms with Crippen LogP contribution < -0.4 is 9.88 Å². The zero-order valence-electron chi connectivity index (χ0n) is 11.2. The van der Waals surface area contributed by atoms with Gasteiger partial charge in [0.25, 0.3) is 0 Å². The molecular formula is C12H20N2O3S. The van der Waals surface area contributed by atoms with Crippen LogP contribution in [0.2, 0.25) is 0 Å². The van der Waals surface area contributed by atoms with E-state index in [9.17, 15) is 8.42 Å². The standard InChI is InChI=1S/C12H20N2O3S/c1-9-7-11(18(13,15)16)8-10(2)12(9)17-6-5-14(3)4/h7-8H,5-6H2,1-4H3,(H2,13,15,16). The Morgan fingerprint density at radius 1 is 1.22 bits per heavy atom. The van der Waals surface area contributed by atoms with E-state index in [4.69, 9.17) is 9.88 Å². The third kappa shape index (κ3) is 3.97. The lowest BCUT2D eigenvalue weighted by Crippen LogP contribution is -2.20. The van der Waals surface area contributed by atoms with E-state index in [1.54, 1.807) is 0 Å². The molecular weight excluding hydrogens is 252 g/mol. The van der Waals surface area contributed by atoms with E-state index >= 15 is 0 Å². The minimum atomic E-state index is -3.66. The minimum Gasteiger partial charge on any atom is -0.492 e. The first-order valence-corrected chi connectivity index (χ1v) is 7.18. The second-order valence-corrected chi connectivity index (χ2v) is 6.14. The molecule has 1 aromatic rings. The molecule has 0 unspecified atom stereocenters. The highest BCUT2D eigenvalue weighted by Gasteiger charge is 2.13. The van der Waals surface area contributed by atoms with Gasteiger partial charge in [0, 0.05) is 6.54 Å². The first-order chi connectivity index (χ1) is 8.21. The summed E-state index contributed by atoms with van der Waals surface area (Å²) in [7, 11) is 0.269. The molecule has 1 rings (SSSR count). The molecule has 18 heavy (non-hydrogen) atoms. The summed E-state index contributed by atoms with van der Waals surface area (Å²) in [6, 6.07) is 3.07. The van der Waals surface area contributed by atoms with Crippen molar-refractivity contribution in [3.8, 4) is 5.75 Å². The van der Waals surface area contributed by atoms with E-state index in [2.05, 4.69) is 0 Å². The Morgan fingerprint density at radius 3 is 2.11 bits per heavy atom. The fourth-order valence-electron chi connectivity index (χ4n) is 1.63. The lowest BCUT2D eigenvalue weighted by Gasteiger charge is -2.15. The average molecular weight is 272 g/mol. The Labute approximate surface area is 109 Å². The molecule has 2 N–H and O–H groups in total. The van der Waals surface area contributed by atoms with Crippen LogP contribution in [0.4, 0.5) is 0 Å². The number of primary sulfonamides is 1. The van der Waals surface area contributed by atoms with Crippen LogP contribution in [-0.4, -0.2) is 40.6 Å².